The van der Waals surface area contributed by atoms with E-state index in [1.807, 2.05) is 54.5 Å². The summed E-state index contributed by atoms with van der Waals surface area (Å²) in [6, 6.07) is 7.30. The lowest BCUT2D eigenvalue weighted by Gasteiger charge is -2.28. The summed E-state index contributed by atoms with van der Waals surface area (Å²) in [5, 5.41) is 19.4. The molecule has 1 aliphatic rings. The molecule has 2 heterocycles. The third-order valence-electron chi connectivity index (χ3n) is 5.53. The predicted octanol–water partition coefficient (Wildman–Crippen LogP) is 5.38. The van der Waals surface area contributed by atoms with Crippen LogP contribution >= 0.6 is 17.0 Å². The largest absolute Gasteiger partial charge is 0.507 e. The van der Waals surface area contributed by atoms with E-state index in [0.717, 1.165) is 16.7 Å². The van der Waals surface area contributed by atoms with Crippen LogP contribution in [0.5, 0.6) is 11.6 Å². The SMILES string of the molecule is Br.CCOc1ccc2c(n1)C(=N)N(CC(=O)c1cc(C(C)(C)C)c(O)c(C(C)(C)C)c1)C2. The highest BCUT2D eigenvalue weighted by atomic mass is 79.9. The molecule has 3 rings (SSSR count). The molecule has 0 saturated heterocycles. The summed E-state index contributed by atoms with van der Waals surface area (Å²) in [6.45, 7) is 15.1. The number of hydrogen-bond donors (Lipinski definition) is 2. The Morgan fingerprint density at radius 3 is 2.19 bits per heavy atom. The summed E-state index contributed by atoms with van der Waals surface area (Å²) >= 11 is 0. The molecule has 0 saturated carbocycles. The van der Waals surface area contributed by atoms with Crippen LogP contribution in [0.2, 0.25) is 0 Å². The Bertz CT molecular complexity index is 1000. The molecular weight excluding hydrogens is 470 g/mol. The molecule has 0 aliphatic carbocycles. The van der Waals surface area contributed by atoms with Gasteiger partial charge in [-0.15, -0.1) is 17.0 Å². The number of nitrogens with one attached hydrogen (secondary N) is 1. The molecule has 2 aromatic rings. The van der Waals surface area contributed by atoms with Crippen LogP contribution in [0.25, 0.3) is 0 Å². The number of hydrogen-bond acceptors (Lipinski definition) is 5. The van der Waals surface area contributed by atoms with Crippen molar-refractivity contribution in [3.8, 4) is 11.6 Å². The highest BCUT2D eigenvalue weighted by molar-refractivity contribution is 8.93. The molecule has 0 amide bonds. The number of benzene rings is 1. The number of carbonyl (C=O) groups is 1. The summed E-state index contributed by atoms with van der Waals surface area (Å²) in [7, 11) is 0. The lowest BCUT2D eigenvalue weighted by Crippen LogP contribution is -2.31. The van der Waals surface area contributed by atoms with Gasteiger partial charge in [0.15, 0.2) is 5.78 Å². The van der Waals surface area contributed by atoms with Crippen LogP contribution in [0.15, 0.2) is 24.3 Å². The molecule has 1 aliphatic heterocycles. The van der Waals surface area contributed by atoms with E-state index in [2.05, 4.69) is 4.98 Å². The first-order chi connectivity index (χ1) is 14.3. The first-order valence-corrected chi connectivity index (χ1v) is 10.7. The summed E-state index contributed by atoms with van der Waals surface area (Å²) in [5.74, 6) is 0.891. The van der Waals surface area contributed by atoms with Crippen LogP contribution in [-0.2, 0) is 17.4 Å². The van der Waals surface area contributed by atoms with Crippen molar-refractivity contribution in [3.63, 3.8) is 0 Å². The Kier molecular flexibility index (Phi) is 7.45. The number of ketones is 1. The standard InChI is InChI=1S/C25H33N3O3.BrH/c1-8-31-20-10-9-15-13-28(23(26)21(15)27-20)14-19(29)16-11-17(24(2,3)4)22(30)18(12-16)25(5,6)7;/h9-12,26,30H,8,13-14H2,1-7H3;1H. The zero-order valence-electron chi connectivity index (χ0n) is 20.0. The fraction of sp³-hybridized carbons (Fsp3) is 0.480. The van der Waals surface area contributed by atoms with E-state index in [-0.39, 0.29) is 51.7 Å². The highest BCUT2D eigenvalue weighted by Gasteiger charge is 2.31. The van der Waals surface area contributed by atoms with Crippen LogP contribution in [-0.4, -0.2) is 39.8 Å². The number of rotatable bonds is 5. The van der Waals surface area contributed by atoms with Gasteiger partial charge in [-0.05, 0) is 36.0 Å². The maximum absolute atomic E-state index is 13.3. The lowest BCUT2D eigenvalue weighted by atomic mass is 9.78. The van der Waals surface area contributed by atoms with Crippen LogP contribution in [0, 0.1) is 5.41 Å². The summed E-state index contributed by atoms with van der Waals surface area (Å²) in [5.41, 5.74) is 2.93. The van der Waals surface area contributed by atoms with Gasteiger partial charge in [-0.2, -0.15) is 0 Å². The van der Waals surface area contributed by atoms with Crippen molar-refractivity contribution in [1.82, 2.24) is 9.88 Å². The van der Waals surface area contributed by atoms with E-state index >= 15 is 0 Å². The molecule has 174 valence electrons. The van der Waals surface area contributed by atoms with Crippen molar-refractivity contribution in [1.29, 1.82) is 5.41 Å². The van der Waals surface area contributed by atoms with Gasteiger partial charge in [-0.25, -0.2) is 4.98 Å². The Morgan fingerprint density at radius 1 is 1.12 bits per heavy atom. The molecule has 0 spiro atoms. The van der Waals surface area contributed by atoms with Crippen molar-refractivity contribution in [2.24, 2.45) is 0 Å². The molecule has 1 aromatic heterocycles. The quantitative estimate of drug-likeness (QED) is 0.534. The number of phenols is 1. The Balaban J connectivity index is 0.00000363. The number of fused-ring (bicyclic) bond motifs is 1. The van der Waals surface area contributed by atoms with E-state index in [1.165, 1.54) is 0 Å². The number of ether oxygens (including phenoxy) is 1. The van der Waals surface area contributed by atoms with Gasteiger partial charge in [0.25, 0.3) is 0 Å². The minimum Gasteiger partial charge on any atom is -0.507 e. The number of halogens is 1. The van der Waals surface area contributed by atoms with Crippen molar-refractivity contribution in [3.05, 3.63) is 52.2 Å². The number of aromatic nitrogens is 1. The van der Waals surface area contributed by atoms with Crippen LogP contribution in [0.1, 0.15) is 81.2 Å². The molecule has 1 aromatic carbocycles. The van der Waals surface area contributed by atoms with Crippen molar-refractivity contribution < 1.29 is 14.6 Å². The average molecular weight is 504 g/mol. The Hall–Kier alpha value is -2.41. The first-order valence-electron chi connectivity index (χ1n) is 10.7. The number of amidine groups is 1. The second kappa shape index (κ2) is 9.22. The van der Waals surface area contributed by atoms with E-state index < -0.39 is 0 Å². The molecule has 0 bridgehead atoms. The number of carbonyl (C=O) groups excluding carboxylic acids is 1. The van der Waals surface area contributed by atoms with E-state index in [0.29, 0.717) is 30.3 Å². The molecule has 6 nitrogen and oxygen atoms in total. The third kappa shape index (κ3) is 5.14. The number of aromatic hydroxyl groups is 1. The normalized spacial score (nSPS) is 13.6. The highest BCUT2D eigenvalue weighted by Crippen LogP contribution is 2.40. The number of nitrogens with zero attached hydrogens (tertiary/aromatic N) is 2. The first kappa shape index (κ1) is 25.8. The van der Waals surface area contributed by atoms with E-state index in [4.69, 9.17) is 10.1 Å². The fourth-order valence-electron chi connectivity index (χ4n) is 3.80. The van der Waals surface area contributed by atoms with Crippen LogP contribution < -0.4 is 4.74 Å². The zero-order chi connectivity index (χ0) is 23.1. The van der Waals surface area contributed by atoms with Crippen LogP contribution in [0.4, 0.5) is 0 Å². The molecule has 2 N–H and O–H groups in total. The predicted molar refractivity (Wildman–Crippen MR) is 133 cm³/mol. The average Bonchev–Trinajstić information content (AvgIpc) is 2.95. The second-order valence-corrected chi connectivity index (χ2v) is 10.1. The molecule has 0 radical (unpaired) electrons. The van der Waals surface area contributed by atoms with E-state index in [9.17, 15) is 9.90 Å². The molecular formula is C25H34BrN3O3. The van der Waals surface area contributed by atoms with Gasteiger partial charge in [-0.1, -0.05) is 41.5 Å². The van der Waals surface area contributed by atoms with Gasteiger partial charge in [-0.3, -0.25) is 10.2 Å². The monoisotopic (exact) mass is 503 g/mol. The third-order valence-corrected chi connectivity index (χ3v) is 5.53. The molecule has 7 heteroatoms. The minimum absolute atomic E-state index is 0. The van der Waals surface area contributed by atoms with Gasteiger partial charge < -0.3 is 14.7 Å². The lowest BCUT2D eigenvalue weighted by molar-refractivity contribution is 0.0962. The summed E-state index contributed by atoms with van der Waals surface area (Å²) in [6.07, 6.45) is 0. The minimum atomic E-state index is -0.309. The number of Topliss-reactive ketones (excluding diaryl/α,β-unsaturated/α-hetero) is 1. The van der Waals surface area contributed by atoms with E-state index in [1.54, 1.807) is 23.1 Å². The zero-order valence-corrected chi connectivity index (χ0v) is 21.7. The molecule has 0 unspecified atom stereocenters. The van der Waals surface area contributed by atoms with Gasteiger partial charge in [0.1, 0.15) is 17.3 Å². The van der Waals surface area contributed by atoms with Crippen molar-refractivity contribution in [2.75, 3.05) is 13.2 Å². The molecule has 32 heavy (non-hydrogen) atoms. The maximum atomic E-state index is 13.3. The molecule has 0 fully saturated rings. The number of pyridine rings is 1. The Labute approximate surface area is 201 Å². The van der Waals surface area contributed by atoms with Crippen molar-refractivity contribution >= 4 is 28.6 Å². The number of phenolic OH excluding ortho intramolecular Hbond substituents is 1. The van der Waals surface area contributed by atoms with Gasteiger partial charge in [0, 0.05) is 34.9 Å². The van der Waals surface area contributed by atoms with Gasteiger partial charge in [0.05, 0.1) is 13.2 Å². The molecule has 0 atom stereocenters. The summed E-state index contributed by atoms with van der Waals surface area (Å²) in [4.78, 5) is 19.4. The smallest absolute Gasteiger partial charge is 0.213 e. The van der Waals surface area contributed by atoms with Gasteiger partial charge in [0.2, 0.25) is 5.88 Å². The second-order valence-electron chi connectivity index (χ2n) is 10.1. The van der Waals surface area contributed by atoms with Crippen molar-refractivity contribution in [2.45, 2.75) is 65.8 Å². The fourth-order valence-corrected chi connectivity index (χ4v) is 3.80. The maximum Gasteiger partial charge on any atom is 0.213 e. The topological polar surface area (TPSA) is 86.5 Å². The Morgan fingerprint density at radius 2 is 1.69 bits per heavy atom. The summed E-state index contributed by atoms with van der Waals surface area (Å²) < 4.78 is 5.45. The van der Waals surface area contributed by atoms with Gasteiger partial charge >= 0.3 is 0 Å². The van der Waals surface area contributed by atoms with Crippen LogP contribution in [0.3, 0.4) is 0 Å².